The van der Waals surface area contributed by atoms with Crippen LogP contribution in [0.4, 0.5) is 0 Å². The summed E-state index contributed by atoms with van der Waals surface area (Å²) >= 11 is 0. The largest absolute Gasteiger partial charge is 0.408 e. The highest BCUT2D eigenvalue weighted by molar-refractivity contribution is 6.74. The van der Waals surface area contributed by atoms with Gasteiger partial charge in [0.15, 0.2) is 8.32 Å². The minimum absolute atomic E-state index is 0.194. The maximum absolute atomic E-state index is 6.75. The molecule has 2 atom stereocenters. The van der Waals surface area contributed by atoms with Gasteiger partial charge in [-0.05, 0) is 30.6 Å². The first-order valence-corrected chi connectivity index (χ1v) is 10.6. The highest BCUT2D eigenvalue weighted by Gasteiger charge is 2.42. The second-order valence-corrected chi connectivity index (χ2v) is 12.2. The van der Waals surface area contributed by atoms with Gasteiger partial charge in [0.2, 0.25) is 0 Å². The lowest BCUT2D eigenvalue weighted by Gasteiger charge is -2.41. The molecule has 0 unspecified atom stereocenters. The van der Waals surface area contributed by atoms with Gasteiger partial charge in [0.05, 0.1) is 6.10 Å². The summed E-state index contributed by atoms with van der Waals surface area (Å²) in [4.78, 5) is 2.49. The van der Waals surface area contributed by atoms with Crippen LogP contribution in [0.15, 0.2) is 30.3 Å². The molecule has 112 valence electrons. The highest BCUT2D eigenvalue weighted by Crippen LogP contribution is 2.41. The molecule has 0 N–H and O–H groups in total. The van der Waals surface area contributed by atoms with Gasteiger partial charge in [-0.15, -0.1) is 0 Å². The standard InChI is InChI=1S/C17H29NOSi/c1-14(18-12-13-18)16(15-10-8-7-9-11-15)19-20(5,6)17(2,3)4/h7-11,14,16H,12-13H2,1-6H3/t14-,16-/m0/s1. The average molecular weight is 292 g/mol. The normalized spacial score (nSPS) is 19.7. The molecular weight excluding hydrogens is 262 g/mol. The SMILES string of the molecule is C[C@@H]([C@H](O[Si](C)(C)C(C)(C)C)c1ccccc1)N1CC1. The maximum atomic E-state index is 6.75. The van der Waals surface area contributed by atoms with Crippen LogP contribution < -0.4 is 0 Å². The fraction of sp³-hybridized carbons (Fsp3) is 0.647. The first-order valence-electron chi connectivity index (χ1n) is 7.69. The van der Waals surface area contributed by atoms with Gasteiger partial charge in [-0.2, -0.15) is 0 Å². The first kappa shape index (κ1) is 15.7. The van der Waals surface area contributed by atoms with E-state index < -0.39 is 8.32 Å². The van der Waals surface area contributed by atoms with Gasteiger partial charge in [0.25, 0.3) is 0 Å². The Balaban J connectivity index is 2.23. The van der Waals surface area contributed by atoms with Gasteiger partial charge in [0.1, 0.15) is 0 Å². The molecule has 0 spiro atoms. The minimum atomic E-state index is -1.76. The Morgan fingerprint density at radius 1 is 1.10 bits per heavy atom. The zero-order valence-electron chi connectivity index (χ0n) is 13.8. The van der Waals surface area contributed by atoms with E-state index in [2.05, 4.69) is 76.0 Å². The van der Waals surface area contributed by atoms with Gasteiger partial charge < -0.3 is 4.43 Å². The smallest absolute Gasteiger partial charge is 0.192 e. The molecule has 0 bridgehead atoms. The van der Waals surface area contributed by atoms with Crippen LogP contribution in [0.2, 0.25) is 18.1 Å². The van der Waals surface area contributed by atoms with Gasteiger partial charge in [0, 0.05) is 19.1 Å². The van der Waals surface area contributed by atoms with E-state index in [1.807, 2.05) is 0 Å². The van der Waals surface area contributed by atoms with Crippen LogP contribution in [0.5, 0.6) is 0 Å². The van der Waals surface area contributed by atoms with Crippen LogP contribution >= 0.6 is 0 Å². The van der Waals surface area contributed by atoms with Gasteiger partial charge >= 0.3 is 0 Å². The van der Waals surface area contributed by atoms with Crippen LogP contribution in [0.3, 0.4) is 0 Å². The highest BCUT2D eigenvalue weighted by atomic mass is 28.4. The summed E-state index contributed by atoms with van der Waals surface area (Å²) in [5, 5.41) is 0.249. The van der Waals surface area contributed by atoms with E-state index in [9.17, 15) is 0 Å². The first-order chi connectivity index (χ1) is 9.22. The molecule has 2 nitrogen and oxygen atoms in total. The predicted octanol–water partition coefficient (Wildman–Crippen LogP) is 4.45. The molecule has 20 heavy (non-hydrogen) atoms. The second-order valence-electron chi connectivity index (χ2n) is 7.49. The predicted molar refractivity (Wildman–Crippen MR) is 88.5 cm³/mol. The van der Waals surface area contributed by atoms with E-state index >= 15 is 0 Å². The monoisotopic (exact) mass is 291 g/mol. The molecule has 3 heteroatoms. The van der Waals surface area contributed by atoms with E-state index in [-0.39, 0.29) is 11.1 Å². The number of benzene rings is 1. The lowest BCUT2D eigenvalue weighted by atomic mass is 10.0. The minimum Gasteiger partial charge on any atom is -0.408 e. The molecule has 1 aromatic carbocycles. The molecule has 1 aliphatic heterocycles. The molecule has 1 fully saturated rings. The van der Waals surface area contributed by atoms with Crippen molar-refractivity contribution in [2.75, 3.05) is 13.1 Å². The van der Waals surface area contributed by atoms with E-state index in [0.29, 0.717) is 6.04 Å². The van der Waals surface area contributed by atoms with Crippen LogP contribution in [0, 0.1) is 0 Å². The van der Waals surface area contributed by atoms with E-state index in [1.165, 1.54) is 18.7 Å². The van der Waals surface area contributed by atoms with Crippen LogP contribution in [-0.2, 0) is 4.43 Å². The van der Waals surface area contributed by atoms with Crippen molar-refractivity contribution in [2.24, 2.45) is 0 Å². The average Bonchev–Trinajstić information content (AvgIpc) is 3.19. The molecule has 0 radical (unpaired) electrons. The Kier molecular flexibility index (Phi) is 4.43. The molecule has 1 saturated heterocycles. The van der Waals surface area contributed by atoms with Crippen molar-refractivity contribution in [3.05, 3.63) is 35.9 Å². The van der Waals surface area contributed by atoms with Crippen LogP contribution in [0.25, 0.3) is 0 Å². The topological polar surface area (TPSA) is 12.2 Å². The molecule has 1 heterocycles. The third-order valence-electron chi connectivity index (χ3n) is 4.85. The molecule has 0 amide bonds. The molecular formula is C17H29NOSi. The van der Waals surface area contributed by atoms with Crippen molar-refractivity contribution in [3.63, 3.8) is 0 Å². The fourth-order valence-corrected chi connectivity index (χ4v) is 3.56. The zero-order valence-corrected chi connectivity index (χ0v) is 14.8. The molecule has 0 saturated carbocycles. The molecule has 0 aliphatic carbocycles. The van der Waals surface area contributed by atoms with Gasteiger partial charge in [-0.1, -0.05) is 51.1 Å². The van der Waals surface area contributed by atoms with Crippen molar-refractivity contribution in [1.82, 2.24) is 4.90 Å². The van der Waals surface area contributed by atoms with E-state index in [4.69, 9.17) is 4.43 Å². The number of rotatable bonds is 5. The summed E-state index contributed by atoms with van der Waals surface area (Å²) in [6.07, 6.45) is 0.194. The van der Waals surface area contributed by atoms with Crippen LogP contribution in [0.1, 0.15) is 39.4 Å². The molecule has 2 rings (SSSR count). The van der Waals surface area contributed by atoms with Crippen molar-refractivity contribution in [2.45, 2.75) is 58.0 Å². The summed E-state index contributed by atoms with van der Waals surface area (Å²) in [5.74, 6) is 0. The number of nitrogens with zero attached hydrogens (tertiary/aromatic N) is 1. The molecule has 1 aliphatic rings. The lowest BCUT2D eigenvalue weighted by molar-refractivity contribution is 0.118. The number of hydrogen-bond acceptors (Lipinski definition) is 2. The van der Waals surface area contributed by atoms with E-state index in [0.717, 1.165) is 0 Å². The fourth-order valence-electron chi connectivity index (χ4n) is 2.24. The third-order valence-corrected chi connectivity index (χ3v) is 9.31. The van der Waals surface area contributed by atoms with Crippen molar-refractivity contribution >= 4 is 8.32 Å². The summed E-state index contributed by atoms with van der Waals surface area (Å²) in [5.41, 5.74) is 1.32. The third kappa shape index (κ3) is 3.51. The second kappa shape index (κ2) is 5.62. The van der Waals surface area contributed by atoms with Crippen LogP contribution in [-0.4, -0.2) is 32.3 Å². The molecule has 1 aromatic rings. The Hall–Kier alpha value is -0.643. The maximum Gasteiger partial charge on any atom is 0.192 e. The summed E-state index contributed by atoms with van der Waals surface area (Å²) in [6.45, 7) is 16.3. The quantitative estimate of drug-likeness (QED) is 0.587. The van der Waals surface area contributed by atoms with Crippen molar-refractivity contribution in [3.8, 4) is 0 Å². The summed E-state index contributed by atoms with van der Waals surface area (Å²) in [6, 6.07) is 11.2. The summed E-state index contributed by atoms with van der Waals surface area (Å²) in [7, 11) is -1.76. The molecule has 0 aromatic heterocycles. The Labute approximate surface area is 125 Å². The van der Waals surface area contributed by atoms with Gasteiger partial charge in [-0.25, -0.2) is 0 Å². The number of hydrogen-bond donors (Lipinski definition) is 0. The summed E-state index contributed by atoms with van der Waals surface area (Å²) < 4.78 is 6.75. The van der Waals surface area contributed by atoms with Gasteiger partial charge in [-0.3, -0.25) is 4.90 Å². The Morgan fingerprint density at radius 3 is 2.10 bits per heavy atom. The Bertz CT molecular complexity index is 434. The Morgan fingerprint density at radius 2 is 1.65 bits per heavy atom. The van der Waals surface area contributed by atoms with Crippen molar-refractivity contribution < 1.29 is 4.43 Å². The van der Waals surface area contributed by atoms with E-state index in [1.54, 1.807) is 0 Å². The lowest BCUT2D eigenvalue weighted by Crippen LogP contribution is -2.44. The zero-order chi connectivity index (χ0) is 15.0. The van der Waals surface area contributed by atoms with Crippen molar-refractivity contribution in [1.29, 1.82) is 0 Å².